The third-order valence-corrected chi connectivity index (χ3v) is 11.7. The van der Waals surface area contributed by atoms with Crippen molar-refractivity contribution in [2.24, 2.45) is 5.92 Å². The molecule has 1 aromatic carbocycles. The van der Waals surface area contributed by atoms with Crippen LogP contribution in [0.15, 0.2) is 18.2 Å². The second kappa shape index (κ2) is 8.53. The summed E-state index contributed by atoms with van der Waals surface area (Å²) in [4.78, 5) is 12.4. The van der Waals surface area contributed by atoms with E-state index in [0.29, 0.717) is 11.1 Å². The molecule has 25 heavy (non-hydrogen) atoms. The van der Waals surface area contributed by atoms with Crippen LogP contribution >= 0.6 is 0 Å². The van der Waals surface area contributed by atoms with Gasteiger partial charge in [-0.1, -0.05) is 79.4 Å². The number of fused-ring (bicyclic) bond motifs is 1. The lowest BCUT2D eigenvalue weighted by molar-refractivity contribution is 0.0946. The highest BCUT2D eigenvalue weighted by Crippen LogP contribution is 2.42. The SMILES string of the molecule is CCCCCC[Si](Oc1cccc2c1CC(C)C2=O)(C(C)C)C(C)C. The normalized spacial score (nSPS) is 17.4. The molecule has 0 saturated heterocycles. The van der Waals surface area contributed by atoms with Gasteiger partial charge in [0.1, 0.15) is 5.75 Å². The molecule has 0 heterocycles. The van der Waals surface area contributed by atoms with Crippen LogP contribution in [0.3, 0.4) is 0 Å². The van der Waals surface area contributed by atoms with Crippen molar-refractivity contribution in [2.45, 2.75) is 90.8 Å². The average Bonchev–Trinajstić information content (AvgIpc) is 2.86. The Bertz CT molecular complexity index is 584. The molecule has 0 saturated carbocycles. The van der Waals surface area contributed by atoms with Crippen LogP contribution in [0, 0.1) is 5.92 Å². The van der Waals surface area contributed by atoms with Gasteiger partial charge in [-0.2, -0.15) is 0 Å². The van der Waals surface area contributed by atoms with Gasteiger partial charge in [0.2, 0.25) is 0 Å². The largest absolute Gasteiger partial charge is 0.543 e. The van der Waals surface area contributed by atoms with Crippen molar-refractivity contribution < 1.29 is 9.22 Å². The molecule has 0 bridgehead atoms. The molecular formula is C22H36O2Si. The fourth-order valence-corrected chi connectivity index (χ4v) is 8.80. The highest BCUT2D eigenvalue weighted by Gasteiger charge is 2.44. The average molecular weight is 361 g/mol. The van der Waals surface area contributed by atoms with Crippen LogP contribution < -0.4 is 4.43 Å². The molecule has 1 unspecified atom stereocenters. The number of hydrogen-bond acceptors (Lipinski definition) is 2. The summed E-state index contributed by atoms with van der Waals surface area (Å²) in [5.74, 6) is 1.38. The number of carbonyl (C=O) groups excluding carboxylic acids is 1. The first-order valence-electron chi connectivity index (χ1n) is 10.2. The zero-order valence-electron chi connectivity index (χ0n) is 17.0. The van der Waals surface area contributed by atoms with E-state index < -0.39 is 8.32 Å². The number of ketones is 1. The van der Waals surface area contributed by atoms with Crippen LogP contribution in [-0.4, -0.2) is 14.1 Å². The monoisotopic (exact) mass is 360 g/mol. The van der Waals surface area contributed by atoms with Gasteiger partial charge in [0.15, 0.2) is 5.78 Å². The molecule has 1 aromatic rings. The van der Waals surface area contributed by atoms with Crippen LogP contribution in [0.25, 0.3) is 0 Å². The molecule has 2 nitrogen and oxygen atoms in total. The van der Waals surface area contributed by atoms with Crippen LogP contribution in [0.1, 0.15) is 83.1 Å². The minimum absolute atomic E-state index is 0.0958. The van der Waals surface area contributed by atoms with E-state index in [-0.39, 0.29) is 11.7 Å². The molecule has 0 aromatic heterocycles. The molecule has 0 spiro atoms. The van der Waals surface area contributed by atoms with E-state index in [1.807, 2.05) is 19.1 Å². The van der Waals surface area contributed by atoms with Gasteiger partial charge in [0.05, 0.1) is 0 Å². The van der Waals surface area contributed by atoms with E-state index in [9.17, 15) is 4.79 Å². The summed E-state index contributed by atoms with van der Waals surface area (Å²) >= 11 is 0. The fraction of sp³-hybridized carbons (Fsp3) is 0.682. The van der Waals surface area contributed by atoms with E-state index in [1.165, 1.54) is 31.7 Å². The quantitative estimate of drug-likeness (QED) is 0.358. The van der Waals surface area contributed by atoms with E-state index in [0.717, 1.165) is 23.3 Å². The second-order valence-electron chi connectivity index (χ2n) is 8.43. The molecule has 0 N–H and O–H groups in total. The van der Waals surface area contributed by atoms with Gasteiger partial charge in [-0.3, -0.25) is 4.79 Å². The zero-order chi connectivity index (χ0) is 18.6. The summed E-state index contributed by atoms with van der Waals surface area (Å²) < 4.78 is 6.93. The van der Waals surface area contributed by atoms with Crippen LogP contribution in [0.4, 0.5) is 0 Å². The van der Waals surface area contributed by atoms with E-state index in [1.54, 1.807) is 0 Å². The van der Waals surface area contributed by atoms with Gasteiger partial charge in [-0.15, -0.1) is 0 Å². The number of rotatable bonds is 9. The number of hydrogen-bond donors (Lipinski definition) is 0. The maximum absolute atomic E-state index is 12.4. The van der Waals surface area contributed by atoms with Gasteiger partial charge < -0.3 is 4.43 Å². The van der Waals surface area contributed by atoms with Gasteiger partial charge in [-0.25, -0.2) is 0 Å². The van der Waals surface area contributed by atoms with Crippen molar-refractivity contribution >= 4 is 14.1 Å². The summed E-state index contributed by atoms with van der Waals surface area (Å²) in [5, 5.41) is 0. The molecule has 0 fully saturated rings. The van der Waals surface area contributed by atoms with Crippen LogP contribution in [0.5, 0.6) is 5.75 Å². The van der Waals surface area contributed by atoms with Crippen LogP contribution in [0.2, 0.25) is 17.1 Å². The molecule has 1 aliphatic rings. The molecule has 3 heteroatoms. The lowest BCUT2D eigenvalue weighted by Gasteiger charge is -2.39. The highest BCUT2D eigenvalue weighted by molar-refractivity contribution is 6.77. The number of Topliss-reactive ketones (excluding diaryl/α,β-unsaturated/α-hetero) is 1. The Kier molecular flexibility index (Phi) is 6.90. The smallest absolute Gasteiger partial charge is 0.256 e. The van der Waals surface area contributed by atoms with Crippen molar-refractivity contribution in [3.63, 3.8) is 0 Å². The molecule has 1 aliphatic carbocycles. The maximum atomic E-state index is 12.4. The van der Waals surface area contributed by atoms with Crippen molar-refractivity contribution in [1.29, 1.82) is 0 Å². The third-order valence-electron chi connectivity index (χ3n) is 6.03. The Hall–Kier alpha value is -1.09. The minimum atomic E-state index is -1.94. The first kappa shape index (κ1) is 20.2. The maximum Gasteiger partial charge on any atom is 0.256 e. The summed E-state index contributed by atoms with van der Waals surface area (Å²) in [5.41, 5.74) is 3.19. The van der Waals surface area contributed by atoms with Gasteiger partial charge in [0.25, 0.3) is 8.32 Å². The molecule has 1 atom stereocenters. The van der Waals surface area contributed by atoms with Crippen molar-refractivity contribution in [1.82, 2.24) is 0 Å². The van der Waals surface area contributed by atoms with E-state index in [2.05, 4.69) is 40.7 Å². The van der Waals surface area contributed by atoms with Gasteiger partial charge in [-0.05, 0) is 29.6 Å². The van der Waals surface area contributed by atoms with Crippen molar-refractivity contribution in [3.8, 4) is 5.75 Å². The van der Waals surface area contributed by atoms with Crippen LogP contribution in [-0.2, 0) is 6.42 Å². The lowest BCUT2D eigenvalue weighted by Crippen LogP contribution is -2.48. The third kappa shape index (κ3) is 4.19. The molecular weight excluding hydrogens is 324 g/mol. The molecule has 140 valence electrons. The lowest BCUT2D eigenvalue weighted by atomic mass is 10.1. The molecule has 0 aliphatic heterocycles. The predicted octanol–water partition coefficient (Wildman–Crippen LogP) is 6.79. The van der Waals surface area contributed by atoms with Gasteiger partial charge >= 0.3 is 0 Å². The summed E-state index contributed by atoms with van der Waals surface area (Å²) in [6.45, 7) is 13.6. The summed E-state index contributed by atoms with van der Waals surface area (Å²) in [6, 6.07) is 7.29. The number of unbranched alkanes of at least 4 members (excludes halogenated alkanes) is 3. The molecule has 0 radical (unpaired) electrons. The Balaban J connectivity index is 2.30. The minimum Gasteiger partial charge on any atom is -0.543 e. The number of benzene rings is 1. The van der Waals surface area contributed by atoms with E-state index in [4.69, 9.17) is 4.43 Å². The highest BCUT2D eigenvalue weighted by atomic mass is 28.4. The second-order valence-corrected chi connectivity index (χ2v) is 13.4. The number of carbonyl (C=O) groups is 1. The van der Waals surface area contributed by atoms with E-state index >= 15 is 0 Å². The Morgan fingerprint density at radius 3 is 2.40 bits per heavy atom. The fourth-order valence-electron chi connectivity index (χ4n) is 4.33. The topological polar surface area (TPSA) is 26.3 Å². The van der Waals surface area contributed by atoms with Gasteiger partial charge in [0, 0.05) is 17.0 Å². The first-order chi connectivity index (χ1) is 11.8. The predicted molar refractivity (Wildman–Crippen MR) is 109 cm³/mol. The summed E-state index contributed by atoms with van der Waals surface area (Å²) in [6.07, 6.45) is 5.98. The Morgan fingerprint density at radius 2 is 1.80 bits per heavy atom. The Labute approximate surface area is 155 Å². The van der Waals surface area contributed by atoms with Crippen molar-refractivity contribution in [2.75, 3.05) is 0 Å². The summed E-state index contributed by atoms with van der Waals surface area (Å²) in [7, 11) is -1.94. The first-order valence-corrected chi connectivity index (χ1v) is 12.5. The standard InChI is InChI=1S/C22H36O2Si/c1-7-8-9-10-14-25(16(2)3,17(4)5)24-21-13-11-12-19-20(21)15-18(6)22(19)23/h11-13,16-18H,7-10,14-15H2,1-6H3. The van der Waals surface area contributed by atoms with Crippen molar-refractivity contribution in [3.05, 3.63) is 29.3 Å². The molecule has 2 rings (SSSR count). The Morgan fingerprint density at radius 1 is 1.12 bits per heavy atom. The molecule has 0 amide bonds. The zero-order valence-corrected chi connectivity index (χ0v) is 18.0.